The Balaban J connectivity index is 1.37. The highest BCUT2D eigenvalue weighted by atomic mass is 16.5. The molecule has 31 heavy (non-hydrogen) atoms. The molecule has 5 rings (SSSR count). The summed E-state index contributed by atoms with van der Waals surface area (Å²) in [5, 5.41) is 10.7. The van der Waals surface area contributed by atoms with Gasteiger partial charge in [0.05, 0.1) is 12.2 Å². The molecule has 0 radical (unpaired) electrons. The molecule has 4 aromatic carbocycles. The first-order valence-electron chi connectivity index (χ1n) is 10.6. The first kappa shape index (κ1) is 19.2. The minimum atomic E-state index is 0.0445. The molecule has 4 nitrogen and oxygen atoms in total. The van der Waals surface area contributed by atoms with E-state index >= 15 is 0 Å². The van der Waals surface area contributed by atoms with Crippen molar-refractivity contribution in [3.05, 3.63) is 107 Å². The van der Waals surface area contributed by atoms with Gasteiger partial charge < -0.3 is 15.4 Å². The van der Waals surface area contributed by atoms with E-state index in [0.29, 0.717) is 13.2 Å². The zero-order chi connectivity index (χ0) is 21.2. The second-order valence-electron chi connectivity index (χ2n) is 7.97. The highest BCUT2D eigenvalue weighted by molar-refractivity contribution is 6.06. The van der Waals surface area contributed by atoms with Gasteiger partial charge in [-0.1, -0.05) is 66.7 Å². The van der Waals surface area contributed by atoms with Crippen molar-refractivity contribution in [2.75, 3.05) is 4.90 Å². The Bertz CT molecular complexity index is 1220. The summed E-state index contributed by atoms with van der Waals surface area (Å²) in [4.78, 5) is 1.88. The summed E-state index contributed by atoms with van der Waals surface area (Å²) in [6, 6.07) is 28.9. The number of nitrogens with zero attached hydrogens (tertiary/aromatic N) is 1. The summed E-state index contributed by atoms with van der Waals surface area (Å²) in [5.41, 5.74) is 12.0. The third-order valence-electron chi connectivity index (χ3n) is 5.95. The number of rotatable bonds is 6. The van der Waals surface area contributed by atoms with Crippen LogP contribution in [0.1, 0.15) is 22.3 Å². The monoisotopic (exact) mass is 407 g/mol. The summed E-state index contributed by atoms with van der Waals surface area (Å²) in [5.74, 6) is 0.871. The van der Waals surface area contributed by atoms with Crippen molar-refractivity contribution in [2.45, 2.75) is 26.0 Å². The number of benzene rings is 4. The second-order valence-corrected chi connectivity index (χ2v) is 7.97. The van der Waals surface area contributed by atoms with Crippen molar-refractivity contribution in [1.29, 1.82) is 5.41 Å². The summed E-state index contributed by atoms with van der Waals surface area (Å²) >= 11 is 0. The molecule has 0 saturated carbocycles. The second kappa shape index (κ2) is 8.15. The molecule has 0 saturated heterocycles. The molecule has 0 unspecified atom stereocenters. The Labute approximate surface area is 182 Å². The third kappa shape index (κ3) is 3.84. The molecule has 3 N–H and O–H groups in total. The fraction of sp³-hybridized carbons (Fsp3) is 0.148. The summed E-state index contributed by atoms with van der Waals surface area (Å²) < 4.78 is 5.89. The van der Waals surface area contributed by atoms with Crippen LogP contribution in [0.4, 0.5) is 5.69 Å². The predicted molar refractivity (Wildman–Crippen MR) is 127 cm³/mol. The third-order valence-corrected chi connectivity index (χ3v) is 5.95. The Kier molecular flexibility index (Phi) is 5.04. The minimum absolute atomic E-state index is 0.0445. The molecule has 154 valence electrons. The first-order chi connectivity index (χ1) is 15.2. The van der Waals surface area contributed by atoms with Crippen LogP contribution in [0.15, 0.2) is 84.9 Å². The number of hydrogen-bond acceptors (Lipinski definition) is 2. The number of hydrogen-bond donors (Lipinski definition) is 2. The van der Waals surface area contributed by atoms with Gasteiger partial charge in [-0.3, -0.25) is 5.41 Å². The molecule has 1 aliphatic rings. The van der Waals surface area contributed by atoms with E-state index < -0.39 is 0 Å². The van der Waals surface area contributed by atoms with Gasteiger partial charge in [0.2, 0.25) is 0 Å². The van der Waals surface area contributed by atoms with Crippen molar-refractivity contribution in [2.24, 2.45) is 5.73 Å². The predicted octanol–water partition coefficient (Wildman–Crippen LogP) is 5.42. The molecule has 0 aliphatic heterocycles. The summed E-state index contributed by atoms with van der Waals surface area (Å²) in [6.07, 6.45) is 2.17. The smallest absolute Gasteiger partial charge is 0.193 e. The Hall–Kier alpha value is -3.79. The molecule has 0 atom stereocenters. The van der Waals surface area contributed by atoms with Gasteiger partial charge in [0, 0.05) is 5.39 Å². The van der Waals surface area contributed by atoms with Gasteiger partial charge in [-0.2, -0.15) is 0 Å². The highest BCUT2D eigenvalue weighted by Crippen LogP contribution is 2.37. The largest absolute Gasteiger partial charge is 0.489 e. The van der Waals surface area contributed by atoms with Crippen LogP contribution in [0.25, 0.3) is 10.8 Å². The Morgan fingerprint density at radius 2 is 1.55 bits per heavy atom. The van der Waals surface area contributed by atoms with Crippen LogP contribution in [0.2, 0.25) is 0 Å². The van der Waals surface area contributed by atoms with E-state index in [4.69, 9.17) is 15.9 Å². The maximum Gasteiger partial charge on any atom is 0.193 e. The van der Waals surface area contributed by atoms with E-state index in [2.05, 4.69) is 42.5 Å². The van der Waals surface area contributed by atoms with Crippen molar-refractivity contribution >= 4 is 22.4 Å². The maximum absolute atomic E-state index is 8.22. The van der Waals surface area contributed by atoms with Crippen LogP contribution >= 0.6 is 0 Å². The zero-order valence-electron chi connectivity index (χ0n) is 17.3. The zero-order valence-corrected chi connectivity index (χ0v) is 17.3. The van der Waals surface area contributed by atoms with Gasteiger partial charge in [0.25, 0.3) is 0 Å². The molecule has 0 aromatic heterocycles. The lowest BCUT2D eigenvalue weighted by atomic mass is 10.0. The normalized spacial score (nSPS) is 12.1. The fourth-order valence-electron chi connectivity index (χ4n) is 4.38. The van der Waals surface area contributed by atoms with Crippen LogP contribution in [0.5, 0.6) is 5.75 Å². The number of ether oxygens (including phenoxy) is 1. The van der Waals surface area contributed by atoms with Crippen molar-refractivity contribution in [1.82, 2.24) is 0 Å². The van der Waals surface area contributed by atoms with Crippen LogP contribution < -0.4 is 15.4 Å². The van der Waals surface area contributed by atoms with Crippen molar-refractivity contribution in [3.63, 3.8) is 0 Å². The van der Waals surface area contributed by atoms with Crippen LogP contribution in [-0.2, 0) is 26.0 Å². The number of aryl methyl sites for hydroxylation is 2. The van der Waals surface area contributed by atoms with Crippen molar-refractivity contribution in [3.8, 4) is 5.75 Å². The van der Waals surface area contributed by atoms with E-state index in [9.17, 15) is 0 Å². The van der Waals surface area contributed by atoms with E-state index in [1.54, 1.807) is 0 Å². The highest BCUT2D eigenvalue weighted by Gasteiger charge is 2.20. The molecule has 4 aromatic rings. The van der Waals surface area contributed by atoms with Gasteiger partial charge in [-0.25, -0.2) is 0 Å². The molecule has 0 amide bonds. The average Bonchev–Trinajstić information content (AvgIpc) is 3.23. The van der Waals surface area contributed by atoms with Crippen molar-refractivity contribution < 1.29 is 4.74 Å². The maximum atomic E-state index is 8.22. The van der Waals surface area contributed by atoms with Crippen LogP contribution in [0, 0.1) is 5.41 Å². The van der Waals surface area contributed by atoms with Crippen LogP contribution in [0.3, 0.4) is 0 Å². The minimum Gasteiger partial charge on any atom is -0.489 e. The van der Waals surface area contributed by atoms with Gasteiger partial charge in [-0.05, 0) is 58.7 Å². The lowest BCUT2D eigenvalue weighted by Gasteiger charge is -2.25. The van der Waals surface area contributed by atoms with Gasteiger partial charge in [-0.15, -0.1) is 0 Å². The molecule has 0 fully saturated rings. The van der Waals surface area contributed by atoms with Gasteiger partial charge in [0.1, 0.15) is 12.4 Å². The van der Waals surface area contributed by atoms with E-state index in [1.165, 1.54) is 21.9 Å². The van der Waals surface area contributed by atoms with Gasteiger partial charge >= 0.3 is 0 Å². The molecule has 0 spiro atoms. The average molecular weight is 408 g/mol. The summed E-state index contributed by atoms with van der Waals surface area (Å²) in [7, 11) is 0. The molecule has 0 heterocycles. The number of guanidine groups is 1. The molecular formula is C27H25N3O. The molecule has 4 heteroatoms. The number of nitrogens with one attached hydrogen (secondary N) is 1. The van der Waals surface area contributed by atoms with E-state index in [-0.39, 0.29) is 5.96 Å². The molecule has 0 bridgehead atoms. The Morgan fingerprint density at radius 1 is 0.806 bits per heavy atom. The van der Waals surface area contributed by atoms with E-state index in [1.807, 2.05) is 47.4 Å². The number of nitrogens with two attached hydrogens (primary N) is 1. The van der Waals surface area contributed by atoms with Gasteiger partial charge in [0.15, 0.2) is 5.96 Å². The van der Waals surface area contributed by atoms with Crippen LogP contribution in [-0.4, -0.2) is 5.96 Å². The summed E-state index contributed by atoms with van der Waals surface area (Å²) in [6.45, 7) is 1.08. The molecular weight excluding hydrogens is 382 g/mol. The Morgan fingerprint density at radius 3 is 2.29 bits per heavy atom. The topological polar surface area (TPSA) is 62.3 Å². The number of anilines is 1. The quantitative estimate of drug-likeness (QED) is 0.331. The molecule has 1 aliphatic carbocycles. The standard InChI is InChI=1S/C27H25N3O/c28-27(29)30(25-16-13-22-12-11-21-7-4-8-24(25)26(21)22)17-19-9-14-23(15-10-19)31-18-20-5-2-1-3-6-20/h1-10,13-16H,11-12,17-18H2,(H3,28,29). The van der Waals surface area contributed by atoms with E-state index in [0.717, 1.165) is 35.4 Å². The SMILES string of the molecule is N=C(N)N(Cc1ccc(OCc2ccccc2)cc1)c1ccc2c3c(cccc13)CC2. The first-order valence-corrected chi connectivity index (χ1v) is 10.6. The lowest BCUT2D eigenvalue weighted by Crippen LogP contribution is -2.36. The lowest BCUT2D eigenvalue weighted by molar-refractivity contribution is 0.306. The fourth-order valence-corrected chi connectivity index (χ4v) is 4.38.